The van der Waals surface area contributed by atoms with E-state index in [4.69, 9.17) is 9.72 Å². The second kappa shape index (κ2) is 7.79. The number of ketones is 1. The van der Waals surface area contributed by atoms with E-state index in [1.807, 2.05) is 26.0 Å². The number of nitrogens with zero attached hydrogens (tertiary/aromatic N) is 3. The average Bonchev–Trinajstić information content (AvgIpc) is 2.61. The van der Waals surface area contributed by atoms with Crippen molar-refractivity contribution in [2.24, 2.45) is 0 Å². The summed E-state index contributed by atoms with van der Waals surface area (Å²) in [7, 11) is 1.74. The molecule has 1 fully saturated rings. The number of aryl methyl sites for hydroxylation is 2. The summed E-state index contributed by atoms with van der Waals surface area (Å²) in [5, 5.41) is 9.62. The molecule has 5 heteroatoms. The van der Waals surface area contributed by atoms with Crippen molar-refractivity contribution in [1.82, 2.24) is 9.88 Å². The smallest absolute Gasteiger partial charge is 0.172 e. The molecule has 1 saturated heterocycles. The highest BCUT2D eigenvalue weighted by Crippen LogP contribution is 2.32. The van der Waals surface area contributed by atoms with Gasteiger partial charge in [0.1, 0.15) is 11.6 Å². The summed E-state index contributed by atoms with van der Waals surface area (Å²) < 4.78 is 5.62. The standard InChI is InChI=1S/C20H27N3O2/c1-6-16-8-7-14(2)18(22-16)19(17(13-21)15(3)24)23-11-9-20(4,25-5)10-12-23/h7-8H,6,9-12H2,1-5H3/b19-17+. The van der Waals surface area contributed by atoms with Gasteiger partial charge in [-0.2, -0.15) is 5.26 Å². The summed E-state index contributed by atoms with van der Waals surface area (Å²) in [6.45, 7) is 9.03. The minimum Gasteiger partial charge on any atom is -0.378 e. The van der Waals surface area contributed by atoms with Crippen molar-refractivity contribution < 1.29 is 9.53 Å². The molecule has 0 radical (unpaired) electrons. The lowest BCUT2D eigenvalue weighted by Gasteiger charge is -2.40. The third-order valence-corrected chi connectivity index (χ3v) is 5.07. The monoisotopic (exact) mass is 341 g/mol. The Labute approximate surface area is 150 Å². The first kappa shape index (κ1) is 19.1. The van der Waals surface area contributed by atoms with E-state index in [9.17, 15) is 10.1 Å². The Balaban J connectivity index is 2.54. The average molecular weight is 341 g/mol. The number of carbonyl (C=O) groups excluding carboxylic acids is 1. The van der Waals surface area contributed by atoms with Gasteiger partial charge in [0.05, 0.1) is 17.0 Å². The maximum absolute atomic E-state index is 12.1. The third kappa shape index (κ3) is 4.08. The summed E-state index contributed by atoms with van der Waals surface area (Å²) in [6.07, 6.45) is 2.50. The molecule has 25 heavy (non-hydrogen) atoms. The van der Waals surface area contributed by atoms with E-state index >= 15 is 0 Å². The lowest BCUT2D eigenvalue weighted by atomic mass is 9.91. The van der Waals surface area contributed by atoms with Crippen LogP contribution in [0, 0.1) is 18.3 Å². The molecule has 0 unspecified atom stereocenters. The van der Waals surface area contributed by atoms with E-state index in [-0.39, 0.29) is 17.0 Å². The van der Waals surface area contributed by atoms with E-state index in [1.165, 1.54) is 6.92 Å². The number of methoxy groups -OCH3 is 1. The van der Waals surface area contributed by atoms with Gasteiger partial charge in [-0.15, -0.1) is 0 Å². The number of allylic oxidation sites excluding steroid dienone is 1. The number of Topliss-reactive ketones (excluding diaryl/α,β-unsaturated/α-hetero) is 1. The van der Waals surface area contributed by atoms with Gasteiger partial charge >= 0.3 is 0 Å². The molecule has 0 atom stereocenters. The van der Waals surface area contributed by atoms with Gasteiger partial charge in [-0.3, -0.25) is 9.78 Å². The van der Waals surface area contributed by atoms with E-state index in [0.29, 0.717) is 5.70 Å². The number of aromatic nitrogens is 1. The van der Waals surface area contributed by atoms with Gasteiger partial charge in [-0.05, 0) is 51.7 Å². The molecule has 0 aromatic carbocycles. The molecule has 0 amide bonds. The zero-order chi connectivity index (χ0) is 18.6. The van der Waals surface area contributed by atoms with Crippen LogP contribution in [0.1, 0.15) is 50.6 Å². The SMILES string of the molecule is CCc1ccc(C)c(/C(=C(/C#N)C(C)=O)N2CCC(C)(OC)CC2)n1. The number of nitriles is 1. The maximum atomic E-state index is 12.1. The molecule has 134 valence electrons. The maximum Gasteiger partial charge on any atom is 0.172 e. The molecule has 2 rings (SSSR count). The minimum atomic E-state index is -0.222. The Kier molecular flexibility index (Phi) is 5.97. The largest absolute Gasteiger partial charge is 0.378 e. The summed E-state index contributed by atoms with van der Waals surface area (Å²) in [5.41, 5.74) is 3.37. The lowest BCUT2D eigenvalue weighted by Crippen LogP contribution is -2.43. The quantitative estimate of drug-likeness (QED) is 0.607. The highest BCUT2D eigenvalue weighted by molar-refractivity contribution is 6.04. The zero-order valence-electron chi connectivity index (χ0n) is 15.8. The molecule has 0 saturated carbocycles. The van der Waals surface area contributed by atoms with Gasteiger partial charge in [0.25, 0.3) is 0 Å². The van der Waals surface area contributed by atoms with Crippen molar-refractivity contribution in [3.8, 4) is 6.07 Å². The number of ether oxygens (including phenoxy) is 1. The van der Waals surface area contributed by atoms with Gasteiger partial charge in [-0.25, -0.2) is 0 Å². The predicted octanol–water partition coefficient (Wildman–Crippen LogP) is 3.28. The second-order valence-electron chi connectivity index (χ2n) is 6.85. The van der Waals surface area contributed by atoms with Crippen LogP contribution in [0.2, 0.25) is 0 Å². The topological polar surface area (TPSA) is 66.2 Å². The van der Waals surface area contributed by atoms with Gasteiger partial charge in [-0.1, -0.05) is 13.0 Å². The minimum absolute atomic E-state index is 0.154. The first-order valence-electron chi connectivity index (χ1n) is 8.77. The van der Waals surface area contributed by atoms with Gasteiger partial charge < -0.3 is 9.64 Å². The van der Waals surface area contributed by atoms with Crippen molar-refractivity contribution in [1.29, 1.82) is 5.26 Å². The predicted molar refractivity (Wildman–Crippen MR) is 97.8 cm³/mol. The van der Waals surface area contributed by atoms with Crippen LogP contribution in [-0.4, -0.2) is 41.5 Å². The Bertz CT molecular complexity index is 723. The fraction of sp³-hybridized carbons (Fsp3) is 0.550. The van der Waals surface area contributed by atoms with Crippen LogP contribution in [0.5, 0.6) is 0 Å². The number of rotatable bonds is 5. The lowest BCUT2D eigenvalue weighted by molar-refractivity contribution is -0.113. The van der Waals surface area contributed by atoms with E-state index in [0.717, 1.165) is 49.3 Å². The molecule has 1 aliphatic rings. The molecule has 0 aliphatic carbocycles. The second-order valence-corrected chi connectivity index (χ2v) is 6.85. The van der Waals surface area contributed by atoms with Crippen molar-refractivity contribution in [2.45, 2.75) is 52.6 Å². The van der Waals surface area contributed by atoms with Crippen LogP contribution in [0.3, 0.4) is 0 Å². The molecule has 2 heterocycles. The molecule has 0 spiro atoms. The van der Waals surface area contributed by atoms with Crippen LogP contribution in [0.25, 0.3) is 5.70 Å². The fourth-order valence-electron chi connectivity index (χ4n) is 3.14. The first-order chi connectivity index (χ1) is 11.8. The molecule has 0 N–H and O–H groups in total. The van der Waals surface area contributed by atoms with Crippen LogP contribution in [0.15, 0.2) is 17.7 Å². The van der Waals surface area contributed by atoms with E-state index in [2.05, 4.69) is 17.9 Å². The first-order valence-corrected chi connectivity index (χ1v) is 8.77. The van der Waals surface area contributed by atoms with Crippen molar-refractivity contribution in [3.05, 3.63) is 34.7 Å². The van der Waals surface area contributed by atoms with E-state index in [1.54, 1.807) is 7.11 Å². The molecule has 1 aliphatic heterocycles. The normalized spacial score (nSPS) is 17.7. The highest BCUT2D eigenvalue weighted by Gasteiger charge is 2.33. The van der Waals surface area contributed by atoms with Crippen LogP contribution < -0.4 is 0 Å². The Morgan fingerprint density at radius 2 is 2.04 bits per heavy atom. The molecule has 1 aromatic rings. The van der Waals surface area contributed by atoms with E-state index < -0.39 is 0 Å². The highest BCUT2D eigenvalue weighted by atomic mass is 16.5. The number of likely N-dealkylation sites (tertiary alicyclic amines) is 1. The van der Waals surface area contributed by atoms with Gasteiger partial charge in [0, 0.05) is 25.9 Å². The van der Waals surface area contributed by atoms with Crippen molar-refractivity contribution in [2.75, 3.05) is 20.2 Å². The van der Waals surface area contributed by atoms with Gasteiger partial charge in [0.15, 0.2) is 5.78 Å². The summed E-state index contributed by atoms with van der Waals surface area (Å²) in [6, 6.07) is 6.12. The molecular formula is C20H27N3O2. The van der Waals surface area contributed by atoms with Crippen molar-refractivity contribution in [3.63, 3.8) is 0 Å². The summed E-state index contributed by atoms with van der Waals surface area (Å²) in [4.78, 5) is 19.0. The Hall–Kier alpha value is -2.19. The number of carbonyl (C=O) groups is 1. The summed E-state index contributed by atoms with van der Waals surface area (Å²) >= 11 is 0. The number of piperidine rings is 1. The van der Waals surface area contributed by atoms with Crippen LogP contribution in [0.4, 0.5) is 0 Å². The van der Waals surface area contributed by atoms with Crippen LogP contribution in [-0.2, 0) is 16.0 Å². The number of hydrogen-bond acceptors (Lipinski definition) is 5. The Morgan fingerprint density at radius 1 is 1.40 bits per heavy atom. The van der Waals surface area contributed by atoms with Crippen LogP contribution >= 0.6 is 0 Å². The molecule has 0 bridgehead atoms. The van der Waals surface area contributed by atoms with Crippen molar-refractivity contribution >= 4 is 11.5 Å². The molecular weight excluding hydrogens is 314 g/mol. The Morgan fingerprint density at radius 3 is 2.52 bits per heavy atom. The summed E-state index contributed by atoms with van der Waals surface area (Å²) in [5.74, 6) is -0.222. The molecule has 1 aromatic heterocycles. The number of hydrogen-bond donors (Lipinski definition) is 0. The number of pyridine rings is 1. The van der Waals surface area contributed by atoms with Gasteiger partial charge in [0.2, 0.25) is 0 Å². The zero-order valence-corrected chi connectivity index (χ0v) is 15.8. The molecule has 5 nitrogen and oxygen atoms in total. The fourth-order valence-corrected chi connectivity index (χ4v) is 3.14. The third-order valence-electron chi connectivity index (χ3n) is 5.07.